The molecule has 28 heavy (non-hydrogen) atoms. The van der Waals surface area contributed by atoms with Crippen LogP contribution in [-0.4, -0.2) is 11.7 Å². The van der Waals surface area contributed by atoms with Crippen molar-refractivity contribution in [1.82, 2.24) is 4.57 Å². The summed E-state index contributed by atoms with van der Waals surface area (Å²) in [6.07, 6.45) is 1.72. The summed E-state index contributed by atoms with van der Waals surface area (Å²) in [7, 11) is 1.57. The zero-order valence-electron chi connectivity index (χ0n) is 15.7. The van der Waals surface area contributed by atoms with Gasteiger partial charge in [0.05, 0.1) is 17.3 Å². The molecule has 0 aliphatic rings. The highest BCUT2D eigenvalue weighted by atomic mass is 32.1. The number of rotatable bonds is 3. The maximum absolute atomic E-state index is 13.2. The van der Waals surface area contributed by atoms with E-state index in [1.807, 2.05) is 68.5 Å². The zero-order valence-corrected chi connectivity index (χ0v) is 16.5. The van der Waals surface area contributed by atoms with Gasteiger partial charge in [-0.1, -0.05) is 35.9 Å². The fraction of sp³-hybridized carbons (Fsp3) is 0.136. The predicted molar refractivity (Wildman–Crippen MR) is 110 cm³/mol. The lowest BCUT2D eigenvalue weighted by Gasteiger charge is -2.07. The van der Waals surface area contributed by atoms with E-state index >= 15 is 0 Å². The first kappa shape index (κ1) is 19.2. The van der Waals surface area contributed by atoms with Gasteiger partial charge in [-0.05, 0) is 37.6 Å². The minimum Gasteiger partial charge on any atom is -0.496 e. The molecule has 0 aliphatic heterocycles. The van der Waals surface area contributed by atoms with Crippen molar-refractivity contribution in [2.24, 2.45) is 0 Å². The fourth-order valence-corrected chi connectivity index (χ4v) is 4.01. The molecule has 0 radical (unpaired) electrons. The van der Waals surface area contributed by atoms with Crippen molar-refractivity contribution in [1.29, 1.82) is 10.5 Å². The number of thiazole rings is 1. The number of nitrogens with zero attached hydrogens (tertiary/aromatic N) is 3. The third-order valence-corrected chi connectivity index (χ3v) is 5.37. The summed E-state index contributed by atoms with van der Waals surface area (Å²) < 4.78 is 7.54. The number of aryl methyl sites for hydroxylation is 2. The Hall–Kier alpha value is -3.61. The number of hydrogen-bond donors (Lipinski definition) is 0. The highest BCUT2D eigenvalue weighted by molar-refractivity contribution is 7.07. The molecule has 1 aromatic heterocycles. The highest BCUT2D eigenvalue weighted by Crippen LogP contribution is 2.18. The Balaban J connectivity index is 2.44. The second-order valence-corrected chi connectivity index (χ2v) is 7.22. The van der Waals surface area contributed by atoms with Gasteiger partial charge in [-0.2, -0.15) is 10.5 Å². The Bertz CT molecular complexity index is 1300. The summed E-state index contributed by atoms with van der Waals surface area (Å²) in [6.45, 7) is 3.87. The lowest BCUT2D eigenvalue weighted by molar-refractivity contribution is 0.414. The number of para-hydroxylation sites is 1. The summed E-state index contributed by atoms with van der Waals surface area (Å²) in [5, 5.41) is 18.8. The van der Waals surface area contributed by atoms with E-state index in [9.17, 15) is 15.3 Å². The van der Waals surface area contributed by atoms with Gasteiger partial charge in [-0.15, -0.1) is 11.3 Å². The molecule has 0 saturated carbocycles. The van der Waals surface area contributed by atoms with Gasteiger partial charge < -0.3 is 4.74 Å². The molecule has 0 aliphatic carbocycles. The van der Waals surface area contributed by atoms with Gasteiger partial charge in [0, 0.05) is 5.56 Å². The Morgan fingerprint density at radius 1 is 1.14 bits per heavy atom. The van der Waals surface area contributed by atoms with E-state index in [0.717, 1.165) is 28.0 Å². The van der Waals surface area contributed by atoms with Crippen LogP contribution in [0.1, 0.15) is 16.7 Å². The topological polar surface area (TPSA) is 78.8 Å². The van der Waals surface area contributed by atoms with Crippen molar-refractivity contribution in [3.8, 4) is 23.6 Å². The number of methoxy groups -OCH3 is 1. The van der Waals surface area contributed by atoms with Crippen molar-refractivity contribution in [2.75, 3.05) is 7.11 Å². The van der Waals surface area contributed by atoms with Crippen LogP contribution in [0, 0.1) is 36.5 Å². The average Bonchev–Trinajstić information content (AvgIpc) is 2.99. The van der Waals surface area contributed by atoms with Crippen LogP contribution in [0.5, 0.6) is 5.75 Å². The van der Waals surface area contributed by atoms with Crippen LogP contribution < -0.4 is 19.5 Å². The normalized spacial score (nSPS) is 11.0. The molecule has 0 unspecified atom stereocenters. The lowest BCUT2D eigenvalue weighted by Crippen LogP contribution is -2.31. The Labute approximate surface area is 166 Å². The summed E-state index contributed by atoms with van der Waals surface area (Å²) >= 11 is 1.12. The van der Waals surface area contributed by atoms with E-state index in [1.54, 1.807) is 13.2 Å². The molecule has 6 heteroatoms. The second-order valence-electron chi connectivity index (χ2n) is 6.19. The van der Waals surface area contributed by atoms with E-state index < -0.39 is 0 Å². The number of ether oxygens (including phenoxy) is 1. The molecule has 0 saturated heterocycles. The standard InChI is InChI=1S/C22H17N3O2S/c1-14-8-9-18(15(2)10-14)25-21(26)20(28-22(25)17(12-23)13-24)11-16-6-4-5-7-19(16)27-3/h4-11H,1-3H3/b20-11-. The Kier molecular flexibility index (Phi) is 5.44. The summed E-state index contributed by atoms with van der Waals surface area (Å²) in [4.78, 5) is 13.2. The quantitative estimate of drug-likeness (QED) is 0.692. The van der Waals surface area contributed by atoms with Crippen LogP contribution >= 0.6 is 11.3 Å². The predicted octanol–water partition coefficient (Wildman–Crippen LogP) is 2.55. The van der Waals surface area contributed by atoms with Gasteiger partial charge >= 0.3 is 0 Å². The van der Waals surface area contributed by atoms with Gasteiger partial charge in [0.1, 0.15) is 22.6 Å². The van der Waals surface area contributed by atoms with Crippen LogP contribution in [0.25, 0.3) is 17.3 Å². The van der Waals surface area contributed by atoms with Crippen molar-refractivity contribution in [3.05, 3.63) is 78.7 Å². The first-order chi connectivity index (χ1) is 13.5. The van der Waals surface area contributed by atoms with Gasteiger partial charge in [0.2, 0.25) is 0 Å². The first-order valence-corrected chi connectivity index (χ1v) is 9.30. The minimum absolute atomic E-state index is 0.0956. The van der Waals surface area contributed by atoms with Crippen molar-refractivity contribution >= 4 is 23.0 Å². The van der Waals surface area contributed by atoms with Crippen LogP contribution in [0.15, 0.2) is 47.3 Å². The molecule has 5 nitrogen and oxygen atoms in total. The Morgan fingerprint density at radius 3 is 2.50 bits per heavy atom. The minimum atomic E-state index is -0.277. The molecule has 0 N–H and O–H groups in total. The largest absolute Gasteiger partial charge is 0.496 e. The first-order valence-electron chi connectivity index (χ1n) is 8.49. The van der Waals surface area contributed by atoms with Crippen LogP contribution in [0.2, 0.25) is 0 Å². The van der Waals surface area contributed by atoms with E-state index in [1.165, 1.54) is 4.57 Å². The van der Waals surface area contributed by atoms with E-state index in [-0.39, 0.29) is 11.1 Å². The molecular formula is C22H17N3O2S. The monoisotopic (exact) mass is 387 g/mol. The van der Waals surface area contributed by atoms with Crippen molar-refractivity contribution in [3.63, 3.8) is 0 Å². The maximum atomic E-state index is 13.2. The molecule has 0 amide bonds. The lowest BCUT2D eigenvalue weighted by atomic mass is 10.1. The molecule has 3 aromatic rings. The summed E-state index contributed by atoms with van der Waals surface area (Å²) in [5.41, 5.74) is 2.99. The Morgan fingerprint density at radius 2 is 1.86 bits per heavy atom. The molecule has 3 rings (SSSR count). The number of nitriles is 2. The number of aromatic nitrogens is 1. The number of hydrogen-bond acceptors (Lipinski definition) is 5. The molecule has 0 bridgehead atoms. The molecular weight excluding hydrogens is 370 g/mol. The molecule has 1 heterocycles. The highest BCUT2D eigenvalue weighted by Gasteiger charge is 2.13. The third kappa shape index (κ3) is 3.46. The molecule has 138 valence electrons. The van der Waals surface area contributed by atoms with Crippen LogP contribution in [0.3, 0.4) is 0 Å². The maximum Gasteiger partial charge on any atom is 0.273 e. The SMILES string of the molecule is COc1ccccc1/C=c1\sc(=C(C#N)C#N)n(-c2ccc(C)cc2C)c1=O. The van der Waals surface area contributed by atoms with E-state index in [2.05, 4.69) is 0 Å². The molecule has 0 fully saturated rings. The van der Waals surface area contributed by atoms with Gasteiger partial charge in [-0.3, -0.25) is 9.36 Å². The van der Waals surface area contributed by atoms with E-state index in [4.69, 9.17) is 4.74 Å². The molecule has 0 atom stereocenters. The summed E-state index contributed by atoms with van der Waals surface area (Å²) in [6, 6.07) is 16.9. The van der Waals surface area contributed by atoms with E-state index in [0.29, 0.717) is 20.6 Å². The smallest absolute Gasteiger partial charge is 0.273 e. The van der Waals surface area contributed by atoms with Crippen LogP contribution in [0.4, 0.5) is 0 Å². The second kappa shape index (κ2) is 7.96. The van der Waals surface area contributed by atoms with Gasteiger partial charge in [0.15, 0.2) is 5.57 Å². The zero-order chi connectivity index (χ0) is 20.3. The van der Waals surface area contributed by atoms with Crippen molar-refractivity contribution < 1.29 is 4.74 Å². The number of benzene rings is 2. The third-order valence-electron chi connectivity index (χ3n) is 4.28. The van der Waals surface area contributed by atoms with Crippen LogP contribution in [-0.2, 0) is 0 Å². The summed E-state index contributed by atoms with van der Waals surface area (Å²) in [5.74, 6) is 0.639. The fourth-order valence-electron chi connectivity index (χ4n) is 2.97. The average molecular weight is 387 g/mol. The molecule has 2 aromatic carbocycles. The molecule has 0 spiro atoms. The van der Waals surface area contributed by atoms with Gasteiger partial charge in [0.25, 0.3) is 5.56 Å². The van der Waals surface area contributed by atoms with Crippen molar-refractivity contribution in [2.45, 2.75) is 13.8 Å². The van der Waals surface area contributed by atoms with Gasteiger partial charge in [-0.25, -0.2) is 0 Å².